The highest BCUT2D eigenvalue weighted by molar-refractivity contribution is 5.46. The highest BCUT2D eigenvalue weighted by Gasteiger charge is 2.50. The van der Waals surface area contributed by atoms with E-state index in [2.05, 4.69) is 5.32 Å². The Labute approximate surface area is 89.5 Å². The molecule has 1 saturated heterocycles. The van der Waals surface area contributed by atoms with Crippen molar-refractivity contribution < 1.29 is 17.6 Å². The molecule has 1 nitrogen and oxygen atoms in total. The lowest BCUT2D eigenvalue weighted by molar-refractivity contribution is 0.374. The van der Waals surface area contributed by atoms with Crippen LogP contribution in [0.1, 0.15) is 36.9 Å². The molecule has 0 saturated carbocycles. The fraction of sp³-hybridized carbons (Fsp3) is 0.455. The Kier molecular flexibility index (Phi) is 1.74. The van der Waals surface area contributed by atoms with Gasteiger partial charge in [0.05, 0.1) is 0 Å². The molecular weight excluding hydrogens is 222 g/mol. The Morgan fingerprint density at radius 2 is 1.69 bits per heavy atom. The van der Waals surface area contributed by atoms with Crippen molar-refractivity contribution in [3.05, 3.63) is 34.4 Å². The lowest BCUT2D eigenvalue weighted by atomic mass is 9.82. The van der Waals surface area contributed by atoms with E-state index in [1.54, 1.807) is 6.92 Å². The van der Waals surface area contributed by atoms with Gasteiger partial charge in [0.25, 0.3) is 0 Å². The minimum Gasteiger partial charge on any atom is -0.300 e. The molecule has 3 rings (SSSR count). The summed E-state index contributed by atoms with van der Waals surface area (Å²) in [5.41, 5.74) is -0.843. The number of nitrogens with one attached hydrogen (secondary N) is 1. The average molecular weight is 231 g/mol. The third kappa shape index (κ3) is 0.948. The third-order valence-electron chi connectivity index (χ3n) is 3.63. The molecule has 0 aromatic heterocycles. The van der Waals surface area contributed by atoms with Gasteiger partial charge in [0, 0.05) is 22.7 Å². The zero-order valence-electron chi connectivity index (χ0n) is 8.50. The maximum absolute atomic E-state index is 13.6. The first kappa shape index (κ1) is 10.1. The quantitative estimate of drug-likeness (QED) is 0.411. The van der Waals surface area contributed by atoms with Crippen LogP contribution in [0.2, 0.25) is 0 Å². The van der Waals surface area contributed by atoms with Crippen LogP contribution in [-0.4, -0.2) is 0 Å². The number of benzene rings is 1. The van der Waals surface area contributed by atoms with Crippen molar-refractivity contribution in [3.8, 4) is 0 Å². The normalized spacial score (nSPS) is 30.9. The second-order valence-electron chi connectivity index (χ2n) is 4.61. The van der Waals surface area contributed by atoms with E-state index >= 15 is 0 Å². The molecule has 1 aromatic rings. The molecule has 2 heterocycles. The van der Waals surface area contributed by atoms with E-state index in [9.17, 15) is 17.6 Å². The molecule has 2 bridgehead atoms. The molecule has 16 heavy (non-hydrogen) atoms. The van der Waals surface area contributed by atoms with Crippen LogP contribution in [0.3, 0.4) is 0 Å². The van der Waals surface area contributed by atoms with E-state index in [0.29, 0.717) is 12.8 Å². The summed E-state index contributed by atoms with van der Waals surface area (Å²) in [6.07, 6.45) is 1.22. The van der Waals surface area contributed by atoms with Crippen molar-refractivity contribution in [1.82, 2.24) is 5.32 Å². The van der Waals surface area contributed by atoms with E-state index in [-0.39, 0.29) is 11.1 Å². The molecule has 2 unspecified atom stereocenters. The maximum Gasteiger partial charge on any atom is 0.197 e. The minimum absolute atomic E-state index is 0.0369. The summed E-state index contributed by atoms with van der Waals surface area (Å²) >= 11 is 0. The fourth-order valence-corrected chi connectivity index (χ4v) is 2.89. The summed E-state index contributed by atoms with van der Waals surface area (Å²) in [5.74, 6) is -5.94. The summed E-state index contributed by atoms with van der Waals surface area (Å²) in [6.45, 7) is 1.68. The van der Waals surface area contributed by atoms with E-state index < -0.39 is 34.8 Å². The first-order valence-corrected chi connectivity index (χ1v) is 5.10. The van der Waals surface area contributed by atoms with Gasteiger partial charge in [0.1, 0.15) is 0 Å². The van der Waals surface area contributed by atoms with Crippen LogP contribution in [-0.2, 0) is 5.54 Å². The lowest BCUT2D eigenvalue weighted by Crippen LogP contribution is -2.29. The van der Waals surface area contributed by atoms with Gasteiger partial charge >= 0.3 is 0 Å². The summed E-state index contributed by atoms with van der Waals surface area (Å²) < 4.78 is 53.4. The highest BCUT2D eigenvalue weighted by atomic mass is 19.2. The Morgan fingerprint density at radius 3 is 2.38 bits per heavy atom. The van der Waals surface area contributed by atoms with Gasteiger partial charge < -0.3 is 5.32 Å². The minimum atomic E-state index is -1.72. The van der Waals surface area contributed by atoms with E-state index in [1.807, 2.05) is 0 Å². The molecule has 0 amide bonds. The highest BCUT2D eigenvalue weighted by Crippen LogP contribution is 2.51. The zero-order chi connectivity index (χ0) is 11.7. The van der Waals surface area contributed by atoms with Crippen LogP contribution in [0.15, 0.2) is 0 Å². The van der Waals surface area contributed by atoms with Gasteiger partial charge in [0.15, 0.2) is 23.3 Å². The van der Waals surface area contributed by atoms with Gasteiger partial charge in [-0.2, -0.15) is 0 Å². The number of rotatable bonds is 0. The van der Waals surface area contributed by atoms with Gasteiger partial charge in [-0.3, -0.25) is 0 Å². The van der Waals surface area contributed by atoms with Crippen molar-refractivity contribution in [3.63, 3.8) is 0 Å². The first-order valence-electron chi connectivity index (χ1n) is 5.10. The second-order valence-corrected chi connectivity index (χ2v) is 4.61. The number of hydrogen-bond acceptors (Lipinski definition) is 1. The van der Waals surface area contributed by atoms with Gasteiger partial charge in [-0.1, -0.05) is 0 Å². The molecule has 0 aliphatic carbocycles. The molecular formula is C11H9F4N. The van der Waals surface area contributed by atoms with Gasteiger partial charge in [-0.15, -0.1) is 0 Å². The van der Waals surface area contributed by atoms with E-state index in [4.69, 9.17) is 0 Å². The molecule has 86 valence electrons. The van der Waals surface area contributed by atoms with Crippen molar-refractivity contribution in [2.75, 3.05) is 0 Å². The second kappa shape index (κ2) is 2.77. The molecule has 2 atom stereocenters. The first-order chi connectivity index (χ1) is 7.46. The number of halogens is 4. The topological polar surface area (TPSA) is 12.0 Å². The Balaban J connectivity index is 2.40. The number of fused-ring (bicyclic) bond motifs is 5. The summed E-state index contributed by atoms with van der Waals surface area (Å²) in [5, 5.41) is 2.99. The van der Waals surface area contributed by atoms with Crippen LogP contribution >= 0.6 is 0 Å². The maximum atomic E-state index is 13.6. The number of hydrogen-bond donors (Lipinski definition) is 1. The summed E-state index contributed by atoms with van der Waals surface area (Å²) in [7, 11) is 0. The van der Waals surface area contributed by atoms with Crippen LogP contribution in [0.5, 0.6) is 0 Å². The van der Waals surface area contributed by atoms with E-state index in [1.165, 1.54) is 0 Å². The fourth-order valence-electron chi connectivity index (χ4n) is 2.89. The van der Waals surface area contributed by atoms with Gasteiger partial charge in [-0.25, -0.2) is 17.6 Å². The van der Waals surface area contributed by atoms with E-state index in [0.717, 1.165) is 0 Å². The van der Waals surface area contributed by atoms with Crippen molar-refractivity contribution in [1.29, 1.82) is 0 Å². The van der Waals surface area contributed by atoms with Crippen LogP contribution < -0.4 is 5.32 Å². The smallest absolute Gasteiger partial charge is 0.197 e. The molecule has 1 fully saturated rings. The van der Waals surface area contributed by atoms with Gasteiger partial charge in [0.2, 0.25) is 0 Å². The molecule has 2 aliphatic heterocycles. The SMILES string of the molecule is CC12CCC(N1)c1c(F)c(F)c(F)c(F)c12. The lowest BCUT2D eigenvalue weighted by Gasteiger charge is -2.24. The third-order valence-corrected chi connectivity index (χ3v) is 3.63. The Bertz CT molecular complexity index is 499. The van der Waals surface area contributed by atoms with Crippen LogP contribution in [0.25, 0.3) is 0 Å². The predicted octanol–water partition coefficient (Wildman–Crippen LogP) is 2.90. The molecule has 1 N–H and O–H groups in total. The van der Waals surface area contributed by atoms with Crippen molar-refractivity contribution in [2.24, 2.45) is 0 Å². The largest absolute Gasteiger partial charge is 0.300 e. The van der Waals surface area contributed by atoms with Crippen molar-refractivity contribution in [2.45, 2.75) is 31.3 Å². The average Bonchev–Trinajstić information content (AvgIpc) is 2.76. The van der Waals surface area contributed by atoms with Gasteiger partial charge in [-0.05, 0) is 19.8 Å². The van der Waals surface area contributed by atoms with Crippen LogP contribution in [0, 0.1) is 23.3 Å². The summed E-state index contributed by atoms with van der Waals surface area (Å²) in [4.78, 5) is 0. The monoisotopic (exact) mass is 231 g/mol. The van der Waals surface area contributed by atoms with Crippen LogP contribution in [0.4, 0.5) is 17.6 Å². The molecule has 1 aromatic carbocycles. The summed E-state index contributed by atoms with van der Waals surface area (Å²) in [6, 6.07) is -0.399. The Morgan fingerprint density at radius 1 is 1.06 bits per heavy atom. The Hall–Kier alpha value is -1.10. The molecule has 0 radical (unpaired) electrons. The predicted molar refractivity (Wildman–Crippen MR) is 48.7 cm³/mol. The molecule has 2 aliphatic rings. The zero-order valence-corrected chi connectivity index (χ0v) is 8.50. The standard InChI is InChI=1S/C11H9F4N/c1-11-3-2-4(16-11)5-6(11)8(13)10(15)9(14)7(5)12/h4,16H,2-3H2,1H3. The van der Waals surface area contributed by atoms with Crippen molar-refractivity contribution >= 4 is 0 Å². The molecule has 0 spiro atoms. The molecule has 5 heteroatoms.